The van der Waals surface area contributed by atoms with Gasteiger partial charge in [0.1, 0.15) is 0 Å². The van der Waals surface area contributed by atoms with Gasteiger partial charge in [-0.3, -0.25) is 4.79 Å². The molecule has 0 bridgehead atoms. The van der Waals surface area contributed by atoms with Crippen molar-refractivity contribution in [3.8, 4) is 5.75 Å². The van der Waals surface area contributed by atoms with Gasteiger partial charge in [-0.1, -0.05) is 30.3 Å². The average molecular weight is 314 g/mol. The lowest BCUT2D eigenvalue weighted by molar-refractivity contribution is -0.133. The summed E-state index contributed by atoms with van der Waals surface area (Å²) in [5.74, 6) is -0.445. The molecule has 2 aromatic rings. The molecule has 1 aliphatic heterocycles. The molecule has 1 amide bonds. The highest BCUT2D eigenvalue weighted by Gasteiger charge is 2.21. The number of amides is 1. The van der Waals surface area contributed by atoms with Crippen LogP contribution >= 0.6 is 0 Å². The summed E-state index contributed by atoms with van der Waals surface area (Å²) < 4.78 is 18.7. The lowest BCUT2D eigenvalue weighted by Crippen LogP contribution is -2.50. The standard InChI is InChI=1S/C18H19FN2O2/c19-16-8-4-5-9-17(16)23-14-18(22)21-12-10-20(11-13-21)15-6-2-1-3-7-15/h1-9H,10-14H2. The average Bonchev–Trinajstić information content (AvgIpc) is 2.62. The van der Waals surface area contributed by atoms with Gasteiger partial charge in [-0.05, 0) is 24.3 Å². The molecule has 0 radical (unpaired) electrons. The Morgan fingerprint density at radius 3 is 2.30 bits per heavy atom. The highest BCUT2D eigenvalue weighted by Crippen LogP contribution is 2.17. The van der Waals surface area contributed by atoms with Crippen molar-refractivity contribution >= 4 is 11.6 Å². The van der Waals surface area contributed by atoms with Crippen molar-refractivity contribution in [2.45, 2.75) is 0 Å². The van der Waals surface area contributed by atoms with Gasteiger partial charge in [-0.2, -0.15) is 0 Å². The Bertz CT molecular complexity index is 655. The van der Waals surface area contributed by atoms with Gasteiger partial charge >= 0.3 is 0 Å². The van der Waals surface area contributed by atoms with E-state index < -0.39 is 5.82 Å². The van der Waals surface area contributed by atoms with E-state index in [0.717, 1.165) is 13.1 Å². The molecule has 120 valence electrons. The smallest absolute Gasteiger partial charge is 0.260 e. The summed E-state index contributed by atoms with van der Waals surface area (Å²) in [5, 5.41) is 0. The van der Waals surface area contributed by atoms with Gasteiger partial charge in [-0.25, -0.2) is 4.39 Å². The van der Waals surface area contributed by atoms with Gasteiger partial charge in [0, 0.05) is 31.9 Å². The summed E-state index contributed by atoms with van der Waals surface area (Å²) in [7, 11) is 0. The van der Waals surface area contributed by atoms with Crippen molar-refractivity contribution in [2.24, 2.45) is 0 Å². The van der Waals surface area contributed by atoms with Gasteiger partial charge in [-0.15, -0.1) is 0 Å². The highest BCUT2D eigenvalue weighted by atomic mass is 19.1. The predicted molar refractivity (Wildman–Crippen MR) is 87.1 cm³/mol. The molecule has 1 fully saturated rings. The van der Waals surface area contributed by atoms with E-state index in [1.807, 2.05) is 18.2 Å². The molecule has 5 heteroatoms. The molecule has 1 aliphatic rings. The zero-order valence-corrected chi connectivity index (χ0v) is 12.8. The molecule has 4 nitrogen and oxygen atoms in total. The number of hydrogen-bond donors (Lipinski definition) is 0. The fourth-order valence-electron chi connectivity index (χ4n) is 2.65. The number of piperazine rings is 1. The zero-order valence-electron chi connectivity index (χ0n) is 12.8. The SMILES string of the molecule is O=C(COc1ccccc1F)N1CCN(c2ccccc2)CC1. The summed E-state index contributed by atoms with van der Waals surface area (Å²) in [6, 6.07) is 16.3. The van der Waals surface area contributed by atoms with Gasteiger partial charge in [0.25, 0.3) is 5.91 Å². The Morgan fingerprint density at radius 1 is 0.957 bits per heavy atom. The number of para-hydroxylation sites is 2. The Hall–Kier alpha value is -2.56. The first-order valence-corrected chi connectivity index (χ1v) is 7.69. The monoisotopic (exact) mass is 314 g/mol. The topological polar surface area (TPSA) is 32.8 Å². The molecule has 2 aromatic carbocycles. The second-order valence-corrected chi connectivity index (χ2v) is 5.42. The molecule has 0 aromatic heterocycles. The minimum absolute atomic E-state index is 0.110. The van der Waals surface area contributed by atoms with Crippen molar-refractivity contribution in [1.29, 1.82) is 0 Å². The second-order valence-electron chi connectivity index (χ2n) is 5.42. The minimum atomic E-state index is -0.450. The number of anilines is 1. The second kappa shape index (κ2) is 7.13. The van der Waals surface area contributed by atoms with Gasteiger partial charge in [0.2, 0.25) is 0 Å². The van der Waals surface area contributed by atoms with Crippen molar-refractivity contribution < 1.29 is 13.9 Å². The minimum Gasteiger partial charge on any atom is -0.481 e. The Balaban J connectivity index is 1.50. The number of halogens is 1. The summed E-state index contributed by atoms with van der Waals surface area (Å²) in [6.45, 7) is 2.74. The lowest BCUT2D eigenvalue weighted by atomic mass is 10.2. The first-order chi connectivity index (χ1) is 11.2. The molecule has 0 N–H and O–H groups in total. The van der Waals surface area contributed by atoms with Crippen LogP contribution in [0.5, 0.6) is 5.75 Å². The fourth-order valence-corrected chi connectivity index (χ4v) is 2.65. The zero-order chi connectivity index (χ0) is 16.1. The number of benzene rings is 2. The van der Waals surface area contributed by atoms with E-state index in [2.05, 4.69) is 17.0 Å². The van der Waals surface area contributed by atoms with Crippen LogP contribution in [0.25, 0.3) is 0 Å². The third kappa shape index (κ3) is 3.80. The highest BCUT2D eigenvalue weighted by molar-refractivity contribution is 5.78. The van der Waals surface area contributed by atoms with Crippen LogP contribution in [0.3, 0.4) is 0 Å². The van der Waals surface area contributed by atoms with Crippen molar-refractivity contribution in [1.82, 2.24) is 4.90 Å². The largest absolute Gasteiger partial charge is 0.481 e. The summed E-state index contributed by atoms with van der Waals surface area (Å²) in [6.07, 6.45) is 0. The normalized spacial score (nSPS) is 14.7. The predicted octanol–water partition coefficient (Wildman–Crippen LogP) is 2.55. The first kappa shape index (κ1) is 15.3. The van der Waals surface area contributed by atoms with E-state index in [1.165, 1.54) is 17.8 Å². The fraction of sp³-hybridized carbons (Fsp3) is 0.278. The van der Waals surface area contributed by atoms with E-state index in [-0.39, 0.29) is 18.3 Å². The molecule has 3 rings (SSSR count). The Kier molecular flexibility index (Phi) is 4.76. The lowest BCUT2D eigenvalue weighted by Gasteiger charge is -2.36. The quantitative estimate of drug-likeness (QED) is 0.869. The summed E-state index contributed by atoms with van der Waals surface area (Å²) >= 11 is 0. The molecule has 0 atom stereocenters. The van der Waals surface area contributed by atoms with Crippen LogP contribution in [0.4, 0.5) is 10.1 Å². The van der Waals surface area contributed by atoms with Gasteiger partial charge in [0.15, 0.2) is 18.2 Å². The van der Waals surface area contributed by atoms with Crippen LogP contribution in [0.1, 0.15) is 0 Å². The molecule has 0 unspecified atom stereocenters. The van der Waals surface area contributed by atoms with Crippen LogP contribution in [0.2, 0.25) is 0 Å². The molecule has 1 saturated heterocycles. The maximum Gasteiger partial charge on any atom is 0.260 e. The van der Waals surface area contributed by atoms with Gasteiger partial charge < -0.3 is 14.5 Å². The summed E-state index contributed by atoms with van der Waals surface area (Å²) in [5.41, 5.74) is 1.17. The first-order valence-electron chi connectivity index (χ1n) is 7.69. The molecular weight excluding hydrogens is 295 g/mol. The number of hydrogen-bond acceptors (Lipinski definition) is 3. The Morgan fingerprint density at radius 2 is 1.61 bits per heavy atom. The molecule has 0 saturated carbocycles. The summed E-state index contributed by atoms with van der Waals surface area (Å²) in [4.78, 5) is 16.2. The third-order valence-corrected chi connectivity index (χ3v) is 3.94. The van der Waals surface area contributed by atoms with E-state index in [1.54, 1.807) is 17.0 Å². The number of nitrogens with zero attached hydrogens (tertiary/aromatic N) is 2. The van der Waals surface area contributed by atoms with Crippen LogP contribution in [0.15, 0.2) is 54.6 Å². The van der Waals surface area contributed by atoms with Gasteiger partial charge in [0.05, 0.1) is 0 Å². The Labute approximate surface area is 135 Å². The van der Waals surface area contributed by atoms with Crippen LogP contribution < -0.4 is 9.64 Å². The third-order valence-electron chi connectivity index (χ3n) is 3.94. The van der Waals surface area contributed by atoms with Crippen molar-refractivity contribution in [3.05, 3.63) is 60.4 Å². The molecule has 0 spiro atoms. The number of carbonyl (C=O) groups excluding carboxylic acids is 1. The maximum atomic E-state index is 13.5. The van der Waals surface area contributed by atoms with E-state index in [9.17, 15) is 9.18 Å². The number of rotatable bonds is 4. The maximum absolute atomic E-state index is 13.5. The van der Waals surface area contributed by atoms with Crippen LogP contribution in [0, 0.1) is 5.82 Å². The molecule has 0 aliphatic carbocycles. The van der Waals surface area contributed by atoms with Crippen molar-refractivity contribution in [2.75, 3.05) is 37.7 Å². The van der Waals surface area contributed by atoms with E-state index >= 15 is 0 Å². The van der Waals surface area contributed by atoms with Crippen LogP contribution in [-0.4, -0.2) is 43.6 Å². The van der Waals surface area contributed by atoms with E-state index in [0.29, 0.717) is 13.1 Å². The number of ether oxygens (including phenoxy) is 1. The number of carbonyl (C=O) groups is 1. The molecule has 23 heavy (non-hydrogen) atoms. The van der Waals surface area contributed by atoms with E-state index in [4.69, 9.17) is 4.74 Å². The molecular formula is C18H19FN2O2. The van der Waals surface area contributed by atoms with Crippen LogP contribution in [-0.2, 0) is 4.79 Å². The van der Waals surface area contributed by atoms with Crippen molar-refractivity contribution in [3.63, 3.8) is 0 Å². The molecule has 1 heterocycles.